The number of hydrogen-bond donors (Lipinski definition) is 0. The molecule has 1 aliphatic rings. The number of aromatic nitrogens is 1. The van der Waals surface area contributed by atoms with Crippen molar-refractivity contribution in [1.82, 2.24) is 4.57 Å². The first-order valence-electron chi connectivity index (χ1n) is 12.9. The van der Waals surface area contributed by atoms with Crippen LogP contribution in [0.15, 0.2) is 63.5 Å². The summed E-state index contributed by atoms with van der Waals surface area (Å²) in [5, 5.41) is 0. The molecule has 0 saturated carbocycles. The van der Waals surface area contributed by atoms with E-state index >= 15 is 0 Å². The highest BCUT2D eigenvalue weighted by Crippen LogP contribution is 2.32. The van der Waals surface area contributed by atoms with Crippen molar-refractivity contribution in [1.29, 1.82) is 0 Å². The number of nitrogens with zero attached hydrogens (tertiary/aromatic N) is 2. The third-order valence-electron chi connectivity index (χ3n) is 6.31. The Labute approximate surface area is 232 Å². The standard InChI is InChI=1S/C31H32N2O5S/c1-7-16-38-24-15-10-21(17-25(24)36-8-2)18-26-29(34)33-28(23-13-11-22(12-14-23)19(4)5)27(30(35)37-9-3)20(6)32-31(33)39-26/h1,10-15,17-19,28H,8-9,16H2,2-6H3/b26-18-/t28-/m0/s1. The van der Waals surface area contributed by atoms with Crippen LogP contribution in [0.5, 0.6) is 11.5 Å². The minimum absolute atomic E-state index is 0.123. The second kappa shape index (κ2) is 12.2. The van der Waals surface area contributed by atoms with E-state index < -0.39 is 12.0 Å². The van der Waals surface area contributed by atoms with Gasteiger partial charge in [-0.15, -0.1) is 6.42 Å². The summed E-state index contributed by atoms with van der Waals surface area (Å²) in [5.74, 6) is 3.40. The lowest BCUT2D eigenvalue weighted by molar-refractivity contribution is -0.139. The van der Waals surface area contributed by atoms with Gasteiger partial charge in [-0.1, -0.05) is 61.4 Å². The van der Waals surface area contributed by atoms with E-state index in [4.69, 9.17) is 20.6 Å². The summed E-state index contributed by atoms with van der Waals surface area (Å²) in [6.45, 7) is 10.5. The summed E-state index contributed by atoms with van der Waals surface area (Å²) in [7, 11) is 0. The van der Waals surface area contributed by atoms with Gasteiger partial charge in [-0.3, -0.25) is 9.36 Å². The van der Waals surface area contributed by atoms with Crippen LogP contribution >= 0.6 is 11.3 Å². The van der Waals surface area contributed by atoms with Gasteiger partial charge >= 0.3 is 5.97 Å². The van der Waals surface area contributed by atoms with Gasteiger partial charge < -0.3 is 14.2 Å². The van der Waals surface area contributed by atoms with Gasteiger partial charge in [-0.2, -0.15) is 0 Å². The minimum atomic E-state index is -0.651. The molecule has 202 valence electrons. The molecular formula is C31H32N2O5S. The number of allylic oxidation sites excluding steroid dienone is 1. The Morgan fingerprint density at radius 3 is 2.51 bits per heavy atom. The SMILES string of the molecule is C#CCOc1ccc(/C=c2\sc3n(c2=O)[C@@H](c2ccc(C(C)C)cc2)C(C(=O)OCC)=C(C)N=3)cc1OCC. The Balaban J connectivity index is 1.87. The van der Waals surface area contributed by atoms with Crippen LogP contribution in [0.1, 0.15) is 63.3 Å². The third kappa shape index (κ3) is 5.84. The lowest BCUT2D eigenvalue weighted by atomic mass is 9.93. The Morgan fingerprint density at radius 1 is 1.13 bits per heavy atom. The van der Waals surface area contributed by atoms with Crippen molar-refractivity contribution >= 4 is 23.4 Å². The Hall–Kier alpha value is -4.09. The van der Waals surface area contributed by atoms with Gasteiger partial charge in [0.2, 0.25) is 0 Å². The molecule has 0 amide bonds. The molecule has 0 fully saturated rings. The highest BCUT2D eigenvalue weighted by Gasteiger charge is 2.33. The molecule has 39 heavy (non-hydrogen) atoms. The van der Waals surface area contributed by atoms with Crippen LogP contribution in [0.2, 0.25) is 0 Å². The van der Waals surface area contributed by atoms with E-state index in [9.17, 15) is 9.59 Å². The molecule has 0 aliphatic carbocycles. The highest BCUT2D eigenvalue weighted by atomic mass is 32.1. The van der Waals surface area contributed by atoms with E-state index in [-0.39, 0.29) is 18.8 Å². The van der Waals surface area contributed by atoms with Crippen LogP contribution in [0.3, 0.4) is 0 Å². The molecule has 7 nitrogen and oxygen atoms in total. The van der Waals surface area contributed by atoms with Crippen molar-refractivity contribution in [2.24, 2.45) is 4.99 Å². The van der Waals surface area contributed by atoms with Crippen molar-refractivity contribution < 1.29 is 19.0 Å². The number of carbonyl (C=O) groups is 1. The molecule has 1 aromatic heterocycles. The predicted molar refractivity (Wildman–Crippen MR) is 153 cm³/mol. The van der Waals surface area contributed by atoms with Crippen LogP contribution in [-0.4, -0.2) is 30.4 Å². The second-order valence-electron chi connectivity index (χ2n) is 9.26. The molecule has 8 heteroatoms. The molecule has 1 aliphatic heterocycles. The molecule has 0 bridgehead atoms. The fourth-order valence-electron chi connectivity index (χ4n) is 4.44. The zero-order valence-corrected chi connectivity index (χ0v) is 23.6. The van der Waals surface area contributed by atoms with Crippen molar-refractivity contribution in [3.05, 3.63) is 90.1 Å². The molecule has 2 aromatic carbocycles. The second-order valence-corrected chi connectivity index (χ2v) is 10.3. The third-order valence-corrected chi connectivity index (χ3v) is 7.30. The fourth-order valence-corrected chi connectivity index (χ4v) is 5.49. The molecule has 2 heterocycles. The molecule has 0 spiro atoms. The summed E-state index contributed by atoms with van der Waals surface area (Å²) in [5.41, 5.74) is 3.41. The summed E-state index contributed by atoms with van der Waals surface area (Å²) in [6, 6.07) is 12.8. The lowest BCUT2D eigenvalue weighted by Crippen LogP contribution is -2.39. The maximum atomic E-state index is 13.9. The Morgan fingerprint density at radius 2 is 1.87 bits per heavy atom. The highest BCUT2D eigenvalue weighted by molar-refractivity contribution is 7.07. The van der Waals surface area contributed by atoms with Crippen LogP contribution in [0, 0.1) is 12.3 Å². The van der Waals surface area contributed by atoms with Crippen LogP contribution in [0.4, 0.5) is 0 Å². The van der Waals surface area contributed by atoms with Gasteiger partial charge in [0, 0.05) is 0 Å². The van der Waals surface area contributed by atoms with Crippen LogP contribution in [0.25, 0.3) is 6.08 Å². The summed E-state index contributed by atoms with van der Waals surface area (Å²) >= 11 is 1.27. The fraction of sp³-hybridized carbons (Fsp3) is 0.323. The number of benzene rings is 2. The van der Waals surface area contributed by atoms with Crippen molar-refractivity contribution in [3.63, 3.8) is 0 Å². The number of terminal acetylenes is 1. The van der Waals surface area contributed by atoms with Crippen molar-refractivity contribution in [2.45, 2.75) is 46.6 Å². The average Bonchev–Trinajstić information content (AvgIpc) is 3.21. The first-order valence-corrected chi connectivity index (χ1v) is 13.7. The van der Waals surface area contributed by atoms with E-state index in [0.29, 0.717) is 44.6 Å². The van der Waals surface area contributed by atoms with Gasteiger partial charge in [0.15, 0.2) is 16.3 Å². The Kier molecular flexibility index (Phi) is 8.72. The molecule has 3 aromatic rings. The van der Waals surface area contributed by atoms with E-state index in [2.05, 4.69) is 24.8 Å². The minimum Gasteiger partial charge on any atom is -0.490 e. The first-order chi connectivity index (χ1) is 18.8. The maximum absolute atomic E-state index is 13.9. The van der Waals surface area contributed by atoms with E-state index in [1.807, 2.05) is 43.3 Å². The van der Waals surface area contributed by atoms with Crippen LogP contribution in [-0.2, 0) is 9.53 Å². The summed E-state index contributed by atoms with van der Waals surface area (Å²) < 4.78 is 18.8. The van der Waals surface area contributed by atoms with Gasteiger partial charge in [0.05, 0.1) is 35.1 Å². The molecule has 1 atom stereocenters. The van der Waals surface area contributed by atoms with E-state index in [1.165, 1.54) is 16.9 Å². The van der Waals surface area contributed by atoms with Crippen molar-refractivity contribution in [3.8, 4) is 23.8 Å². The molecule has 0 N–H and O–H groups in total. The molecular weight excluding hydrogens is 512 g/mol. The number of carbonyl (C=O) groups excluding carboxylic acids is 1. The van der Waals surface area contributed by atoms with Crippen LogP contribution < -0.4 is 24.4 Å². The monoisotopic (exact) mass is 544 g/mol. The maximum Gasteiger partial charge on any atom is 0.338 e. The van der Waals surface area contributed by atoms with Crippen molar-refractivity contribution in [2.75, 3.05) is 19.8 Å². The zero-order chi connectivity index (χ0) is 28.1. The lowest BCUT2D eigenvalue weighted by Gasteiger charge is -2.25. The molecule has 0 radical (unpaired) electrons. The zero-order valence-electron chi connectivity index (χ0n) is 22.8. The first kappa shape index (κ1) is 27.9. The number of thiazole rings is 1. The number of esters is 1. The average molecular weight is 545 g/mol. The van der Waals surface area contributed by atoms with Gasteiger partial charge in [0.1, 0.15) is 6.61 Å². The number of fused-ring (bicyclic) bond motifs is 1. The number of hydrogen-bond acceptors (Lipinski definition) is 7. The number of rotatable bonds is 9. The Bertz CT molecular complexity index is 1620. The van der Waals surface area contributed by atoms with Gasteiger partial charge in [-0.05, 0) is 61.6 Å². The molecule has 0 unspecified atom stereocenters. The molecule has 0 saturated heterocycles. The van der Waals surface area contributed by atoms with E-state index in [1.54, 1.807) is 30.6 Å². The summed E-state index contributed by atoms with van der Waals surface area (Å²) in [6.07, 6.45) is 7.12. The predicted octanol–water partition coefficient (Wildman–Crippen LogP) is 4.33. The normalized spacial score (nSPS) is 15.0. The van der Waals surface area contributed by atoms with E-state index in [0.717, 1.165) is 11.1 Å². The van der Waals surface area contributed by atoms with Gasteiger partial charge in [-0.25, -0.2) is 9.79 Å². The smallest absolute Gasteiger partial charge is 0.338 e. The number of ether oxygens (including phenoxy) is 3. The largest absolute Gasteiger partial charge is 0.490 e. The topological polar surface area (TPSA) is 79.1 Å². The summed E-state index contributed by atoms with van der Waals surface area (Å²) in [4.78, 5) is 32.1. The quantitative estimate of drug-likeness (QED) is 0.296. The molecule has 4 rings (SSSR count). The van der Waals surface area contributed by atoms with Gasteiger partial charge in [0.25, 0.3) is 5.56 Å².